The van der Waals surface area contributed by atoms with E-state index in [4.69, 9.17) is 0 Å². The van der Waals surface area contributed by atoms with Gasteiger partial charge in [-0.2, -0.15) is 0 Å². The third-order valence-corrected chi connectivity index (χ3v) is 5.78. The highest BCUT2D eigenvalue weighted by Crippen LogP contribution is 2.27. The first-order chi connectivity index (χ1) is 13.2. The molecule has 1 aliphatic rings. The molecule has 2 atom stereocenters. The predicted octanol–water partition coefficient (Wildman–Crippen LogP) is 2.71. The molecule has 1 amide bonds. The zero-order valence-electron chi connectivity index (χ0n) is 15.0. The van der Waals surface area contributed by atoms with Gasteiger partial charge in [-0.05, 0) is 36.4 Å². The molecule has 4 rings (SSSR count). The van der Waals surface area contributed by atoms with Crippen LogP contribution in [0.1, 0.15) is 35.4 Å². The first-order valence-corrected chi connectivity index (χ1v) is 9.85. The standard InChI is InChI=1S/C19H21N5O2S/c1-12(14-3-2-6-20-9-14)21-19-22-15-5-8-27-17(15)16(23-19)18(26)24-7-4-13(10-24)11-25/h2-3,5-6,8-9,12-13,25H,4,7,10-11H2,1H3,(H,21,22,23)/t12-,13+/m0/s1. The number of hydrogen-bond donors (Lipinski definition) is 2. The Hall–Kier alpha value is -2.58. The third-order valence-electron chi connectivity index (χ3n) is 4.87. The summed E-state index contributed by atoms with van der Waals surface area (Å²) in [6, 6.07) is 5.73. The number of likely N-dealkylation sites (tertiary alicyclic amines) is 1. The van der Waals surface area contributed by atoms with Gasteiger partial charge in [0.1, 0.15) is 0 Å². The van der Waals surface area contributed by atoms with Gasteiger partial charge in [-0.1, -0.05) is 6.07 Å². The molecule has 3 aromatic heterocycles. The van der Waals surface area contributed by atoms with Crippen molar-refractivity contribution in [3.8, 4) is 0 Å². The molecule has 0 unspecified atom stereocenters. The summed E-state index contributed by atoms with van der Waals surface area (Å²) >= 11 is 1.47. The maximum Gasteiger partial charge on any atom is 0.274 e. The molecule has 8 heteroatoms. The monoisotopic (exact) mass is 383 g/mol. The molecule has 27 heavy (non-hydrogen) atoms. The number of anilines is 1. The van der Waals surface area contributed by atoms with Crippen molar-refractivity contribution >= 4 is 33.4 Å². The summed E-state index contributed by atoms with van der Waals surface area (Å²) < 4.78 is 0.798. The van der Waals surface area contributed by atoms with Gasteiger partial charge in [-0.25, -0.2) is 9.97 Å². The van der Waals surface area contributed by atoms with Crippen LogP contribution in [-0.4, -0.2) is 50.6 Å². The van der Waals surface area contributed by atoms with Crippen LogP contribution in [-0.2, 0) is 0 Å². The van der Waals surface area contributed by atoms with E-state index in [0.29, 0.717) is 24.7 Å². The smallest absolute Gasteiger partial charge is 0.274 e. The lowest BCUT2D eigenvalue weighted by atomic mass is 10.1. The van der Waals surface area contributed by atoms with Crippen molar-refractivity contribution in [1.29, 1.82) is 0 Å². The molecule has 0 bridgehead atoms. The molecule has 1 saturated heterocycles. The van der Waals surface area contributed by atoms with E-state index >= 15 is 0 Å². The van der Waals surface area contributed by atoms with Crippen molar-refractivity contribution in [2.45, 2.75) is 19.4 Å². The SMILES string of the molecule is C[C@H](Nc1nc(C(=O)N2CC[C@@H](CO)C2)c2sccc2n1)c1cccnc1. The van der Waals surface area contributed by atoms with E-state index in [1.54, 1.807) is 17.3 Å². The highest BCUT2D eigenvalue weighted by Gasteiger charge is 2.29. The zero-order valence-corrected chi connectivity index (χ0v) is 15.8. The summed E-state index contributed by atoms with van der Waals surface area (Å²) in [7, 11) is 0. The van der Waals surface area contributed by atoms with Crippen LogP contribution in [0.15, 0.2) is 36.0 Å². The first-order valence-electron chi connectivity index (χ1n) is 8.97. The molecule has 1 fully saturated rings. The van der Waals surface area contributed by atoms with E-state index in [1.165, 1.54) is 11.3 Å². The molecule has 2 N–H and O–H groups in total. The number of aliphatic hydroxyl groups is 1. The summed E-state index contributed by atoms with van der Waals surface area (Å²) in [6.07, 6.45) is 4.35. The number of hydrogen-bond acceptors (Lipinski definition) is 7. The van der Waals surface area contributed by atoms with Crippen molar-refractivity contribution in [2.24, 2.45) is 5.92 Å². The van der Waals surface area contributed by atoms with Gasteiger partial charge in [0, 0.05) is 38.0 Å². The van der Waals surface area contributed by atoms with E-state index in [1.807, 2.05) is 30.5 Å². The first kappa shape index (κ1) is 17.8. The van der Waals surface area contributed by atoms with Crippen molar-refractivity contribution < 1.29 is 9.90 Å². The average molecular weight is 383 g/mol. The molecule has 0 spiro atoms. The molecule has 3 aromatic rings. The molecular weight excluding hydrogens is 362 g/mol. The quantitative estimate of drug-likeness (QED) is 0.704. The van der Waals surface area contributed by atoms with E-state index < -0.39 is 0 Å². The Balaban J connectivity index is 1.63. The van der Waals surface area contributed by atoms with Crippen molar-refractivity contribution in [3.05, 3.63) is 47.2 Å². The van der Waals surface area contributed by atoms with Gasteiger partial charge in [-0.3, -0.25) is 9.78 Å². The lowest BCUT2D eigenvalue weighted by Crippen LogP contribution is -2.30. The highest BCUT2D eigenvalue weighted by atomic mass is 32.1. The summed E-state index contributed by atoms with van der Waals surface area (Å²) in [6.45, 7) is 3.33. The molecule has 140 valence electrons. The number of fused-ring (bicyclic) bond motifs is 1. The van der Waals surface area contributed by atoms with Gasteiger partial charge in [0.25, 0.3) is 5.91 Å². The second kappa shape index (κ2) is 7.58. The Morgan fingerprint density at radius 1 is 1.44 bits per heavy atom. The number of carbonyl (C=O) groups excluding carboxylic acids is 1. The molecule has 0 radical (unpaired) electrons. The Bertz CT molecular complexity index is 946. The van der Waals surface area contributed by atoms with Gasteiger partial charge >= 0.3 is 0 Å². The Labute approximate surface area is 161 Å². The molecular formula is C19H21N5O2S. The minimum absolute atomic E-state index is 0.0386. The molecule has 4 heterocycles. The number of rotatable bonds is 5. The maximum atomic E-state index is 13.1. The molecule has 0 aliphatic carbocycles. The summed E-state index contributed by atoms with van der Waals surface area (Å²) in [5.74, 6) is 0.481. The second-order valence-corrected chi connectivity index (χ2v) is 7.69. The molecule has 1 aliphatic heterocycles. The van der Waals surface area contributed by atoms with Gasteiger partial charge in [0.05, 0.1) is 16.3 Å². The molecule has 0 saturated carbocycles. The van der Waals surface area contributed by atoms with Crippen LogP contribution in [0.2, 0.25) is 0 Å². The van der Waals surface area contributed by atoms with Gasteiger partial charge in [0.2, 0.25) is 5.95 Å². The van der Waals surface area contributed by atoms with Gasteiger partial charge < -0.3 is 15.3 Å². The summed E-state index contributed by atoms with van der Waals surface area (Å²) in [5.41, 5.74) is 2.20. The van der Waals surface area contributed by atoms with E-state index in [-0.39, 0.29) is 24.5 Å². The minimum atomic E-state index is -0.0992. The van der Waals surface area contributed by atoms with Crippen LogP contribution >= 0.6 is 11.3 Å². The van der Waals surface area contributed by atoms with E-state index in [9.17, 15) is 9.90 Å². The zero-order chi connectivity index (χ0) is 18.8. The molecule has 7 nitrogen and oxygen atoms in total. The van der Waals surface area contributed by atoms with Crippen LogP contribution in [0.4, 0.5) is 5.95 Å². The average Bonchev–Trinajstić information content (AvgIpc) is 3.36. The largest absolute Gasteiger partial charge is 0.396 e. The lowest BCUT2D eigenvalue weighted by molar-refractivity contribution is 0.0778. The van der Waals surface area contributed by atoms with Crippen LogP contribution < -0.4 is 5.32 Å². The topological polar surface area (TPSA) is 91.2 Å². The predicted molar refractivity (Wildman–Crippen MR) is 105 cm³/mol. The van der Waals surface area contributed by atoms with Crippen LogP contribution in [0.3, 0.4) is 0 Å². The Kier molecular flexibility index (Phi) is 5.00. The number of aliphatic hydroxyl groups excluding tert-OH is 1. The highest BCUT2D eigenvalue weighted by molar-refractivity contribution is 7.17. The normalized spacial score (nSPS) is 18.0. The van der Waals surface area contributed by atoms with Gasteiger partial charge in [0.15, 0.2) is 5.69 Å². The van der Waals surface area contributed by atoms with Crippen LogP contribution in [0.5, 0.6) is 0 Å². The van der Waals surface area contributed by atoms with E-state index in [2.05, 4.69) is 20.3 Å². The van der Waals surface area contributed by atoms with Crippen LogP contribution in [0.25, 0.3) is 10.2 Å². The fourth-order valence-corrected chi connectivity index (χ4v) is 4.11. The maximum absolute atomic E-state index is 13.1. The van der Waals surface area contributed by atoms with Gasteiger partial charge in [-0.15, -0.1) is 11.3 Å². The number of thiophene rings is 1. The fraction of sp³-hybridized carbons (Fsp3) is 0.368. The van der Waals surface area contributed by atoms with Crippen molar-refractivity contribution in [3.63, 3.8) is 0 Å². The summed E-state index contributed by atoms with van der Waals surface area (Å²) in [4.78, 5) is 28.1. The fourth-order valence-electron chi connectivity index (χ4n) is 3.30. The minimum Gasteiger partial charge on any atom is -0.396 e. The number of carbonyl (C=O) groups is 1. The van der Waals surface area contributed by atoms with Crippen molar-refractivity contribution in [1.82, 2.24) is 19.9 Å². The number of nitrogens with one attached hydrogen (secondary N) is 1. The Morgan fingerprint density at radius 2 is 2.33 bits per heavy atom. The van der Waals surface area contributed by atoms with E-state index in [0.717, 1.165) is 22.2 Å². The lowest BCUT2D eigenvalue weighted by Gasteiger charge is -2.18. The Morgan fingerprint density at radius 3 is 3.07 bits per heavy atom. The van der Waals surface area contributed by atoms with Crippen LogP contribution in [0, 0.1) is 5.92 Å². The number of amides is 1. The second-order valence-electron chi connectivity index (χ2n) is 6.77. The number of nitrogens with zero attached hydrogens (tertiary/aromatic N) is 4. The van der Waals surface area contributed by atoms with Crippen molar-refractivity contribution in [2.75, 3.05) is 25.0 Å². The molecule has 0 aromatic carbocycles. The summed E-state index contributed by atoms with van der Waals surface area (Å²) in [5, 5.41) is 14.5. The number of aromatic nitrogens is 3. The number of pyridine rings is 1. The third kappa shape index (κ3) is 3.63.